The van der Waals surface area contributed by atoms with Gasteiger partial charge in [0.15, 0.2) is 0 Å². The number of carboxylic acid groups (broad SMARTS) is 1. The van der Waals surface area contributed by atoms with E-state index in [-0.39, 0.29) is 24.3 Å². The molecule has 0 spiro atoms. The highest BCUT2D eigenvalue weighted by molar-refractivity contribution is 6.00. The molecule has 0 heterocycles. The Kier molecular flexibility index (Phi) is 15.6. The van der Waals surface area contributed by atoms with Gasteiger partial charge in [0.05, 0.1) is 18.3 Å². The monoisotopic (exact) mass is 479 g/mol. The number of amides is 1. The van der Waals surface area contributed by atoms with E-state index in [0.29, 0.717) is 5.57 Å². The second-order valence-electron chi connectivity index (χ2n) is 8.03. The summed E-state index contributed by atoms with van der Waals surface area (Å²) < 4.78 is 5.11. The molecule has 6 nitrogen and oxygen atoms in total. The summed E-state index contributed by atoms with van der Waals surface area (Å²) in [5.41, 5.74) is 4.56. The van der Waals surface area contributed by atoms with Gasteiger partial charge in [-0.15, -0.1) is 5.73 Å². The molecule has 0 rings (SSSR count). The molecule has 188 valence electrons. The van der Waals surface area contributed by atoms with E-state index in [1.807, 2.05) is 20.8 Å². The molecular formula is C29H37NO5. The number of hydrogen-bond donors (Lipinski definition) is 2. The van der Waals surface area contributed by atoms with Crippen LogP contribution in [0.2, 0.25) is 0 Å². The number of nitrogens with one attached hydrogen (secondary N) is 1. The summed E-state index contributed by atoms with van der Waals surface area (Å²) in [6.45, 7) is 18.4. The van der Waals surface area contributed by atoms with E-state index >= 15 is 0 Å². The van der Waals surface area contributed by atoms with Crippen molar-refractivity contribution >= 4 is 17.8 Å². The van der Waals surface area contributed by atoms with Gasteiger partial charge in [0.2, 0.25) is 0 Å². The Bertz CT molecular complexity index is 985. The van der Waals surface area contributed by atoms with Crippen LogP contribution in [0.4, 0.5) is 0 Å². The Morgan fingerprint density at radius 3 is 2.37 bits per heavy atom. The quantitative estimate of drug-likeness (QED) is 0.100. The molecule has 0 aliphatic heterocycles. The highest BCUT2D eigenvalue weighted by atomic mass is 16.5. The van der Waals surface area contributed by atoms with Crippen molar-refractivity contribution in [2.75, 3.05) is 0 Å². The lowest BCUT2D eigenvalue weighted by Gasteiger charge is -2.17. The topological polar surface area (TPSA) is 92.7 Å². The summed E-state index contributed by atoms with van der Waals surface area (Å²) in [6, 6.07) is -1.17. The van der Waals surface area contributed by atoms with E-state index in [0.717, 1.165) is 17.6 Å². The molecule has 6 heteroatoms. The average Bonchev–Trinajstić information content (AvgIpc) is 2.78. The smallest absolute Gasteiger partial charge is 0.326 e. The second kappa shape index (κ2) is 17.6. The van der Waals surface area contributed by atoms with Crippen molar-refractivity contribution in [1.29, 1.82) is 0 Å². The minimum atomic E-state index is -1.18. The van der Waals surface area contributed by atoms with Crippen molar-refractivity contribution in [2.24, 2.45) is 5.92 Å². The van der Waals surface area contributed by atoms with Crippen LogP contribution in [0.25, 0.3) is 0 Å². The van der Waals surface area contributed by atoms with Gasteiger partial charge in [0.1, 0.15) is 6.04 Å². The highest BCUT2D eigenvalue weighted by Crippen LogP contribution is 2.20. The van der Waals surface area contributed by atoms with Crippen LogP contribution in [-0.2, 0) is 19.1 Å². The van der Waals surface area contributed by atoms with Gasteiger partial charge in [-0.2, -0.15) is 0 Å². The van der Waals surface area contributed by atoms with Gasteiger partial charge in [-0.1, -0.05) is 93.7 Å². The Morgan fingerprint density at radius 2 is 1.83 bits per heavy atom. The second-order valence-corrected chi connectivity index (χ2v) is 8.03. The summed E-state index contributed by atoms with van der Waals surface area (Å²) in [6.07, 6.45) is 15.5. The number of esters is 1. The van der Waals surface area contributed by atoms with Crippen molar-refractivity contribution < 1.29 is 24.2 Å². The summed E-state index contributed by atoms with van der Waals surface area (Å²) >= 11 is 0. The van der Waals surface area contributed by atoms with Gasteiger partial charge in [0, 0.05) is 0 Å². The maximum absolute atomic E-state index is 13.0. The number of allylic oxidation sites excluding steroid dienone is 9. The van der Waals surface area contributed by atoms with Crippen LogP contribution in [-0.4, -0.2) is 29.0 Å². The third-order valence-electron chi connectivity index (χ3n) is 4.72. The Labute approximate surface area is 209 Å². The Balaban J connectivity index is 5.67. The SMILES string of the molecule is C=C=C(C(=O)NC(CC(C)=CC=CC=C)C(=O)O)C(=CC(C)CC)CC(=O)OC=CC=CC(=C)C. The molecule has 0 saturated carbocycles. The molecule has 0 saturated heterocycles. The number of carboxylic acids is 1. The lowest BCUT2D eigenvalue weighted by molar-refractivity contribution is -0.141. The number of aliphatic carboxylic acids is 1. The molecular weight excluding hydrogens is 442 g/mol. The fraction of sp³-hybridized carbons (Fsp3) is 0.310. The minimum absolute atomic E-state index is 0.00726. The molecule has 35 heavy (non-hydrogen) atoms. The van der Waals surface area contributed by atoms with Crippen molar-refractivity contribution in [3.63, 3.8) is 0 Å². The van der Waals surface area contributed by atoms with E-state index in [4.69, 9.17) is 4.74 Å². The van der Waals surface area contributed by atoms with E-state index in [1.165, 1.54) is 6.26 Å². The maximum Gasteiger partial charge on any atom is 0.326 e. The number of carbonyl (C=O) groups excluding carboxylic acids is 2. The molecule has 0 radical (unpaired) electrons. The number of carbonyl (C=O) groups is 3. The van der Waals surface area contributed by atoms with E-state index in [2.05, 4.69) is 30.8 Å². The largest absolute Gasteiger partial charge is 0.480 e. The lowest BCUT2D eigenvalue weighted by Crippen LogP contribution is -2.41. The van der Waals surface area contributed by atoms with Crippen LogP contribution in [0, 0.1) is 5.92 Å². The average molecular weight is 480 g/mol. The molecule has 2 atom stereocenters. The van der Waals surface area contributed by atoms with E-state index in [1.54, 1.807) is 55.5 Å². The van der Waals surface area contributed by atoms with Crippen molar-refractivity contribution in [1.82, 2.24) is 5.32 Å². The van der Waals surface area contributed by atoms with Gasteiger partial charge in [-0.25, -0.2) is 4.79 Å². The third-order valence-corrected chi connectivity index (χ3v) is 4.72. The van der Waals surface area contributed by atoms with Crippen molar-refractivity contribution in [3.05, 3.63) is 103 Å². The molecule has 0 aromatic heterocycles. The van der Waals surface area contributed by atoms with Crippen LogP contribution in [0.3, 0.4) is 0 Å². The van der Waals surface area contributed by atoms with Gasteiger partial charge in [0.25, 0.3) is 5.91 Å². The number of hydrogen-bond acceptors (Lipinski definition) is 4. The van der Waals surface area contributed by atoms with Gasteiger partial charge >= 0.3 is 11.9 Å². The minimum Gasteiger partial charge on any atom is -0.480 e. The van der Waals surface area contributed by atoms with E-state index in [9.17, 15) is 19.5 Å². The predicted octanol–water partition coefficient (Wildman–Crippen LogP) is 5.90. The number of rotatable bonds is 15. The first kappa shape index (κ1) is 31.1. The molecule has 0 aliphatic rings. The summed E-state index contributed by atoms with van der Waals surface area (Å²) in [5.74, 6) is -2.38. The zero-order valence-electron chi connectivity index (χ0n) is 21.2. The predicted molar refractivity (Wildman–Crippen MR) is 141 cm³/mol. The molecule has 2 unspecified atom stereocenters. The molecule has 0 aromatic carbocycles. The third kappa shape index (κ3) is 14.1. The Morgan fingerprint density at radius 1 is 1.14 bits per heavy atom. The summed E-state index contributed by atoms with van der Waals surface area (Å²) in [5, 5.41) is 12.1. The molecule has 0 aromatic rings. The maximum atomic E-state index is 13.0. The van der Waals surface area contributed by atoms with Gasteiger partial charge in [-0.05, 0) is 37.8 Å². The van der Waals surface area contributed by atoms with Crippen molar-refractivity contribution in [3.8, 4) is 0 Å². The fourth-order valence-electron chi connectivity index (χ4n) is 2.73. The van der Waals surface area contributed by atoms with Crippen LogP contribution in [0.15, 0.2) is 103 Å². The van der Waals surface area contributed by atoms with Crippen LogP contribution < -0.4 is 5.32 Å². The summed E-state index contributed by atoms with van der Waals surface area (Å²) in [7, 11) is 0. The fourth-order valence-corrected chi connectivity index (χ4v) is 2.73. The highest BCUT2D eigenvalue weighted by Gasteiger charge is 2.25. The van der Waals surface area contributed by atoms with Crippen LogP contribution >= 0.6 is 0 Å². The molecule has 1 amide bonds. The van der Waals surface area contributed by atoms with Crippen LogP contribution in [0.1, 0.15) is 47.0 Å². The first-order valence-corrected chi connectivity index (χ1v) is 11.3. The normalized spacial score (nSPS) is 13.9. The first-order chi connectivity index (χ1) is 16.5. The zero-order chi connectivity index (χ0) is 26.8. The Hall–Kier alpha value is -3.89. The molecule has 0 fully saturated rings. The molecule has 0 aliphatic carbocycles. The first-order valence-electron chi connectivity index (χ1n) is 11.3. The van der Waals surface area contributed by atoms with Crippen LogP contribution in [0.5, 0.6) is 0 Å². The molecule has 2 N–H and O–H groups in total. The standard InChI is InChI=1S/C29H37NO5/c1-8-11-12-16-23(7)19-26(29(33)34)30-28(32)25(10-3)24(18-22(6)9-2)20-27(31)35-17-14-13-15-21(4)5/h8,11-18,22,26H,1,3-4,9,19-20H2,2,5-7H3,(H,30,32)(H,33,34). The lowest BCUT2D eigenvalue weighted by atomic mass is 9.96. The molecule has 0 bridgehead atoms. The van der Waals surface area contributed by atoms with Crippen molar-refractivity contribution in [2.45, 2.75) is 53.0 Å². The van der Waals surface area contributed by atoms with E-state index < -0.39 is 23.9 Å². The van der Waals surface area contributed by atoms with Gasteiger partial charge in [-0.3, -0.25) is 9.59 Å². The number of ether oxygens (including phenoxy) is 1. The zero-order valence-corrected chi connectivity index (χ0v) is 21.2. The summed E-state index contributed by atoms with van der Waals surface area (Å²) in [4.78, 5) is 37.2. The van der Waals surface area contributed by atoms with Gasteiger partial charge < -0.3 is 15.2 Å².